The van der Waals surface area contributed by atoms with Gasteiger partial charge in [-0.15, -0.1) is 12.4 Å². The molecule has 1 unspecified atom stereocenters. The summed E-state index contributed by atoms with van der Waals surface area (Å²) in [5.74, 6) is 0.514. The van der Waals surface area contributed by atoms with Crippen LogP contribution in [0.1, 0.15) is 31.9 Å². The molecule has 104 valence electrons. The zero-order valence-electron chi connectivity index (χ0n) is 11.6. The van der Waals surface area contributed by atoms with Gasteiger partial charge in [-0.05, 0) is 37.0 Å². The Kier molecular flexibility index (Phi) is 7.45. The Morgan fingerprint density at radius 1 is 1.39 bits per heavy atom. The standard InChI is InChI=1S/C14H23BrN2.ClH/c1-10(2)14(4,9-16)17-8-12-6-5-7-13(15)11(12)3;/h5-7,10,17H,8-9,16H2,1-4H3;1H. The number of halogens is 2. The molecule has 1 aromatic rings. The van der Waals surface area contributed by atoms with Gasteiger partial charge < -0.3 is 11.1 Å². The third kappa shape index (κ3) is 4.23. The van der Waals surface area contributed by atoms with Gasteiger partial charge in [0.1, 0.15) is 0 Å². The quantitative estimate of drug-likeness (QED) is 0.862. The SMILES string of the molecule is Cc1c(Br)cccc1CNC(C)(CN)C(C)C.Cl. The van der Waals surface area contributed by atoms with Crippen LogP contribution in [0.4, 0.5) is 0 Å². The minimum absolute atomic E-state index is 0. The lowest BCUT2D eigenvalue weighted by Crippen LogP contribution is -2.52. The summed E-state index contributed by atoms with van der Waals surface area (Å²) in [6.45, 7) is 10.2. The molecule has 3 N–H and O–H groups in total. The van der Waals surface area contributed by atoms with Crippen molar-refractivity contribution >= 4 is 28.3 Å². The molecule has 0 fully saturated rings. The molecule has 1 atom stereocenters. The Hall–Kier alpha value is -0.0900. The number of rotatable bonds is 5. The summed E-state index contributed by atoms with van der Waals surface area (Å²) in [4.78, 5) is 0. The maximum atomic E-state index is 5.87. The Bertz CT molecular complexity index is 382. The van der Waals surface area contributed by atoms with Crippen molar-refractivity contribution in [3.8, 4) is 0 Å². The molecule has 0 aliphatic carbocycles. The van der Waals surface area contributed by atoms with Crippen molar-refractivity contribution in [1.82, 2.24) is 5.32 Å². The fraction of sp³-hybridized carbons (Fsp3) is 0.571. The van der Waals surface area contributed by atoms with Crippen LogP contribution in [0.5, 0.6) is 0 Å². The van der Waals surface area contributed by atoms with E-state index in [-0.39, 0.29) is 17.9 Å². The monoisotopic (exact) mass is 334 g/mol. The van der Waals surface area contributed by atoms with Crippen molar-refractivity contribution in [2.45, 2.75) is 39.8 Å². The minimum atomic E-state index is -0.00520. The van der Waals surface area contributed by atoms with E-state index in [0.29, 0.717) is 12.5 Å². The zero-order valence-corrected chi connectivity index (χ0v) is 14.0. The van der Waals surface area contributed by atoms with Gasteiger partial charge in [-0.2, -0.15) is 0 Å². The molecular weight excluding hydrogens is 312 g/mol. The van der Waals surface area contributed by atoms with Crippen LogP contribution in [-0.2, 0) is 6.54 Å². The third-order valence-corrected chi connectivity index (χ3v) is 4.62. The second-order valence-corrected chi connectivity index (χ2v) is 6.01. The molecule has 1 aromatic carbocycles. The average molecular weight is 336 g/mol. The van der Waals surface area contributed by atoms with E-state index < -0.39 is 0 Å². The fourth-order valence-corrected chi connectivity index (χ4v) is 2.06. The van der Waals surface area contributed by atoms with E-state index in [1.807, 2.05) is 0 Å². The molecule has 0 saturated carbocycles. The van der Waals surface area contributed by atoms with E-state index in [2.05, 4.69) is 67.1 Å². The fourth-order valence-electron chi connectivity index (χ4n) is 1.65. The minimum Gasteiger partial charge on any atom is -0.329 e. The van der Waals surface area contributed by atoms with Gasteiger partial charge in [-0.25, -0.2) is 0 Å². The lowest BCUT2D eigenvalue weighted by molar-refractivity contribution is 0.267. The molecule has 0 saturated heterocycles. The summed E-state index contributed by atoms with van der Waals surface area (Å²) in [5, 5.41) is 3.58. The second kappa shape index (κ2) is 7.49. The van der Waals surface area contributed by atoms with E-state index in [4.69, 9.17) is 5.73 Å². The van der Waals surface area contributed by atoms with Crippen molar-refractivity contribution in [3.63, 3.8) is 0 Å². The van der Waals surface area contributed by atoms with Gasteiger partial charge in [-0.1, -0.05) is 41.9 Å². The first-order chi connectivity index (χ1) is 7.90. The molecule has 0 aliphatic rings. The average Bonchev–Trinajstić information content (AvgIpc) is 2.30. The molecule has 2 nitrogen and oxygen atoms in total. The Morgan fingerprint density at radius 3 is 2.50 bits per heavy atom. The van der Waals surface area contributed by atoms with E-state index in [1.54, 1.807) is 0 Å². The molecule has 18 heavy (non-hydrogen) atoms. The van der Waals surface area contributed by atoms with Crippen molar-refractivity contribution in [1.29, 1.82) is 0 Å². The van der Waals surface area contributed by atoms with Crippen LogP contribution in [0.3, 0.4) is 0 Å². The van der Waals surface area contributed by atoms with Gasteiger partial charge in [0.25, 0.3) is 0 Å². The van der Waals surface area contributed by atoms with Crippen LogP contribution in [0.15, 0.2) is 22.7 Å². The van der Waals surface area contributed by atoms with Gasteiger partial charge in [0.05, 0.1) is 0 Å². The topological polar surface area (TPSA) is 38.0 Å². The summed E-state index contributed by atoms with van der Waals surface area (Å²) < 4.78 is 1.16. The molecular formula is C14H24BrClN2. The summed E-state index contributed by atoms with van der Waals surface area (Å²) >= 11 is 3.56. The third-order valence-electron chi connectivity index (χ3n) is 3.76. The van der Waals surface area contributed by atoms with Crippen molar-refractivity contribution < 1.29 is 0 Å². The first-order valence-corrected chi connectivity index (χ1v) is 6.89. The van der Waals surface area contributed by atoms with Crippen molar-refractivity contribution in [3.05, 3.63) is 33.8 Å². The predicted octanol–water partition coefficient (Wildman–Crippen LogP) is 3.64. The largest absolute Gasteiger partial charge is 0.329 e. The normalized spacial score (nSPS) is 14.2. The molecule has 0 bridgehead atoms. The number of hydrogen-bond donors (Lipinski definition) is 2. The van der Waals surface area contributed by atoms with Crippen LogP contribution < -0.4 is 11.1 Å². The molecule has 0 spiro atoms. The maximum absolute atomic E-state index is 5.87. The van der Waals surface area contributed by atoms with Crippen LogP contribution in [0, 0.1) is 12.8 Å². The predicted molar refractivity (Wildman–Crippen MR) is 85.3 cm³/mol. The Labute approximate surface area is 125 Å². The lowest BCUT2D eigenvalue weighted by Gasteiger charge is -2.34. The molecule has 4 heteroatoms. The zero-order chi connectivity index (χ0) is 13.1. The summed E-state index contributed by atoms with van der Waals surface area (Å²) in [5.41, 5.74) is 8.48. The van der Waals surface area contributed by atoms with Gasteiger partial charge in [0.2, 0.25) is 0 Å². The summed E-state index contributed by atoms with van der Waals surface area (Å²) in [6, 6.07) is 6.30. The molecule has 0 heterocycles. The van der Waals surface area contributed by atoms with Crippen LogP contribution >= 0.6 is 28.3 Å². The smallest absolute Gasteiger partial charge is 0.0301 e. The van der Waals surface area contributed by atoms with Gasteiger partial charge >= 0.3 is 0 Å². The number of hydrogen-bond acceptors (Lipinski definition) is 2. The lowest BCUT2D eigenvalue weighted by atomic mass is 9.88. The molecule has 1 rings (SSSR count). The summed E-state index contributed by atoms with van der Waals surface area (Å²) in [6.07, 6.45) is 0. The van der Waals surface area contributed by atoms with E-state index in [0.717, 1.165) is 11.0 Å². The number of nitrogens with two attached hydrogens (primary N) is 1. The van der Waals surface area contributed by atoms with E-state index in [1.165, 1.54) is 11.1 Å². The van der Waals surface area contributed by atoms with Crippen LogP contribution in [-0.4, -0.2) is 12.1 Å². The van der Waals surface area contributed by atoms with Gasteiger partial charge in [-0.3, -0.25) is 0 Å². The highest BCUT2D eigenvalue weighted by Gasteiger charge is 2.25. The second-order valence-electron chi connectivity index (χ2n) is 5.15. The first-order valence-electron chi connectivity index (χ1n) is 6.10. The molecule has 0 aromatic heterocycles. The highest BCUT2D eigenvalue weighted by molar-refractivity contribution is 9.10. The van der Waals surface area contributed by atoms with Crippen molar-refractivity contribution in [2.24, 2.45) is 11.7 Å². The molecule has 0 amide bonds. The summed E-state index contributed by atoms with van der Waals surface area (Å²) in [7, 11) is 0. The van der Waals surface area contributed by atoms with Crippen molar-refractivity contribution in [2.75, 3.05) is 6.54 Å². The Balaban J connectivity index is 0.00000289. The number of nitrogens with one attached hydrogen (secondary N) is 1. The highest BCUT2D eigenvalue weighted by Crippen LogP contribution is 2.21. The van der Waals surface area contributed by atoms with Crippen LogP contribution in [0.25, 0.3) is 0 Å². The maximum Gasteiger partial charge on any atom is 0.0301 e. The number of benzene rings is 1. The van der Waals surface area contributed by atoms with E-state index in [9.17, 15) is 0 Å². The Morgan fingerprint density at radius 2 is 2.00 bits per heavy atom. The highest BCUT2D eigenvalue weighted by atomic mass is 79.9. The van der Waals surface area contributed by atoms with Gasteiger partial charge in [0, 0.05) is 23.1 Å². The molecule has 0 aliphatic heterocycles. The van der Waals surface area contributed by atoms with Crippen LogP contribution in [0.2, 0.25) is 0 Å². The molecule has 0 radical (unpaired) electrons. The first kappa shape index (κ1) is 17.9. The van der Waals surface area contributed by atoms with Gasteiger partial charge in [0.15, 0.2) is 0 Å². The van der Waals surface area contributed by atoms with E-state index >= 15 is 0 Å².